The summed E-state index contributed by atoms with van der Waals surface area (Å²) in [5.74, 6) is 0.645. The second kappa shape index (κ2) is 7.49. The Labute approximate surface area is 149 Å². The summed E-state index contributed by atoms with van der Waals surface area (Å²) in [6.45, 7) is 1.64. The summed E-state index contributed by atoms with van der Waals surface area (Å²) < 4.78 is 16.0. The first kappa shape index (κ1) is 17.2. The average Bonchev–Trinajstić information content (AvgIpc) is 3.18. The maximum Gasteiger partial charge on any atom is 0.338 e. The summed E-state index contributed by atoms with van der Waals surface area (Å²) in [5.41, 5.74) is 1.39. The van der Waals surface area contributed by atoms with Gasteiger partial charge in [-0.1, -0.05) is 6.07 Å². The molecule has 0 amide bonds. The van der Waals surface area contributed by atoms with E-state index in [-0.39, 0.29) is 11.5 Å². The van der Waals surface area contributed by atoms with Crippen LogP contribution in [0.4, 0.5) is 0 Å². The standard InChI is InChI=1S/C19H15N3O4/c1-12(25-19(23)15-5-3-4-13(10-15)11-20)17-21-22-18(26-17)14-6-8-16(24-2)9-7-14/h3-10,12H,1-2H3. The summed E-state index contributed by atoms with van der Waals surface area (Å²) in [7, 11) is 1.59. The van der Waals surface area contributed by atoms with Crippen LogP contribution < -0.4 is 4.74 Å². The molecule has 0 saturated carbocycles. The Bertz CT molecular complexity index is 957. The predicted octanol–water partition coefficient (Wildman–Crippen LogP) is 3.53. The summed E-state index contributed by atoms with van der Waals surface area (Å²) >= 11 is 0. The number of ether oxygens (including phenoxy) is 2. The van der Waals surface area contributed by atoms with E-state index in [0.29, 0.717) is 11.5 Å². The molecule has 0 radical (unpaired) electrons. The highest BCUT2D eigenvalue weighted by molar-refractivity contribution is 5.89. The molecule has 2 aromatic carbocycles. The number of esters is 1. The fourth-order valence-corrected chi connectivity index (χ4v) is 2.24. The summed E-state index contributed by atoms with van der Waals surface area (Å²) in [5, 5.41) is 16.8. The molecule has 0 saturated heterocycles. The van der Waals surface area contributed by atoms with Gasteiger partial charge in [-0.15, -0.1) is 10.2 Å². The first-order valence-electron chi connectivity index (χ1n) is 7.79. The van der Waals surface area contributed by atoms with Gasteiger partial charge >= 0.3 is 5.97 Å². The maximum absolute atomic E-state index is 12.2. The van der Waals surface area contributed by atoms with E-state index in [4.69, 9.17) is 19.2 Å². The fraction of sp³-hybridized carbons (Fsp3) is 0.158. The van der Waals surface area contributed by atoms with Crippen molar-refractivity contribution in [1.29, 1.82) is 5.26 Å². The minimum absolute atomic E-state index is 0.181. The van der Waals surface area contributed by atoms with Crippen molar-refractivity contribution < 1.29 is 18.7 Å². The number of hydrogen-bond donors (Lipinski definition) is 0. The number of nitriles is 1. The van der Waals surface area contributed by atoms with E-state index in [2.05, 4.69) is 10.2 Å². The number of nitrogens with zero attached hydrogens (tertiary/aromatic N) is 3. The topological polar surface area (TPSA) is 98.2 Å². The van der Waals surface area contributed by atoms with Gasteiger partial charge in [0.25, 0.3) is 5.89 Å². The highest BCUT2D eigenvalue weighted by Gasteiger charge is 2.20. The smallest absolute Gasteiger partial charge is 0.338 e. The molecule has 1 aromatic heterocycles. The van der Waals surface area contributed by atoms with Gasteiger partial charge in [-0.05, 0) is 49.4 Å². The van der Waals surface area contributed by atoms with Crippen LogP contribution in [0.1, 0.15) is 34.8 Å². The normalized spacial score (nSPS) is 11.4. The molecule has 0 fully saturated rings. The van der Waals surface area contributed by atoms with Crippen molar-refractivity contribution in [2.45, 2.75) is 13.0 Å². The number of carbonyl (C=O) groups excluding carboxylic acids is 1. The van der Waals surface area contributed by atoms with Crippen molar-refractivity contribution >= 4 is 5.97 Å². The molecule has 1 atom stereocenters. The van der Waals surface area contributed by atoms with E-state index in [0.717, 1.165) is 11.3 Å². The highest BCUT2D eigenvalue weighted by Crippen LogP contribution is 2.24. The molecular formula is C19H15N3O4. The van der Waals surface area contributed by atoms with Gasteiger partial charge in [0.2, 0.25) is 5.89 Å². The highest BCUT2D eigenvalue weighted by atomic mass is 16.6. The van der Waals surface area contributed by atoms with Gasteiger partial charge in [-0.3, -0.25) is 0 Å². The molecule has 1 unspecified atom stereocenters. The first-order valence-corrected chi connectivity index (χ1v) is 7.79. The molecule has 7 nitrogen and oxygen atoms in total. The molecule has 0 bridgehead atoms. The second-order valence-corrected chi connectivity index (χ2v) is 5.41. The Morgan fingerprint density at radius 3 is 2.65 bits per heavy atom. The minimum atomic E-state index is -0.729. The van der Waals surface area contributed by atoms with E-state index in [1.807, 2.05) is 6.07 Å². The van der Waals surface area contributed by atoms with Crippen LogP contribution in [0.3, 0.4) is 0 Å². The lowest BCUT2D eigenvalue weighted by molar-refractivity contribution is 0.0280. The minimum Gasteiger partial charge on any atom is -0.497 e. The molecule has 26 heavy (non-hydrogen) atoms. The Kier molecular flexibility index (Phi) is 4.94. The van der Waals surface area contributed by atoms with Crippen LogP contribution in [0.25, 0.3) is 11.5 Å². The Morgan fingerprint density at radius 1 is 1.19 bits per heavy atom. The zero-order valence-corrected chi connectivity index (χ0v) is 14.2. The van der Waals surface area contributed by atoms with Crippen LogP contribution in [0.15, 0.2) is 52.9 Å². The van der Waals surface area contributed by atoms with Crippen LogP contribution in [0.5, 0.6) is 5.75 Å². The van der Waals surface area contributed by atoms with E-state index >= 15 is 0 Å². The van der Waals surface area contributed by atoms with Gasteiger partial charge < -0.3 is 13.9 Å². The second-order valence-electron chi connectivity index (χ2n) is 5.41. The van der Waals surface area contributed by atoms with Crippen molar-refractivity contribution in [1.82, 2.24) is 10.2 Å². The predicted molar refractivity (Wildman–Crippen MR) is 91.3 cm³/mol. The number of benzene rings is 2. The quantitative estimate of drug-likeness (QED) is 0.650. The average molecular weight is 349 g/mol. The Balaban J connectivity index is 1.72. The molecule has 1 heterocycles. The van der Waals surface area contributed by atoms with Crippen molar-refractivity contribution in [2.75, 3.05) is 7.11 Å². The van der Waals surface area contributed by atoms with Crippen molar-refractivity contribution in [2.24, 2.45) is 0 Å². The summed E-state index contributed by atoms with van der Waals surface area (Å²) in [6.07, 6.45) is -0.729. The van der Waals surface area contributed by atoms with Gasteiger partial charge in [0.15, 0.2) is 6.10 Å². The lowest BCUT2D eigenvalue weighted by Gasteiger charge is -2.09. The van der Waals surface area contributed by atoms with E-state index < -0.39 is 12.1 Å². The SMILES string of the molecule is COc1ccc(-c2nnc(C(C)OC(=O)c3cccc(C#N)c3)o2)cc1. The molecule has 0 aliphatic carbocycles. The molecule has 0 aliphatic rings. The third-order valence-corrected chi connectivity index (χ3v) is 3.64. The summed E-state index contributed by atoms with van der Waals surface area (Å²) in [6, 6.07) is 15.4. The largest absolute Gasteiger partial charge is 0.497 e. The molecular weight excluding hydrogens is 334 g/mol. The van der Waals surface area contributed by atoms with E-state index in [1.165, 1.54) is 6.07 Å². The molecule has 0 aliphatic heterocycles. The zero-order chi connectivity index (χ0) is 18.5. The van der Waals surface area contributed by atoms with Crippen LogP contribution in [-0.2, 0) is 4.74 Å². The van der Waals surface area contributed by atoms with Crippen molar-refractivity contribution in [3.8, 4) is 23.3 Å². The molecule has 3 rings (SSSR count). The Morgan fingerprint density at radius 2 is 1.96 bits per heavy atom. The number of carbonyl (C=O) groups is 1. The van der Waals surface area contributed by atoms with Crippen LogP contribution in [0.2, 0.25) is 0 Å². The molecule has 0 N–H and O–H groups in total. The van der Waals surface area contributed by atoms with Crippen LogP contribution in [0, 0.1) is 11.3 Å². The van der Waals surface area contributed by atoms with Gasteiger partial charge in [-0.2, -0.15) is 5.26 Å². The third-order valence-electron chi connectivity index (χ3n) is 3.64. The zero-order valence-electron chi connectivity index (χ0n) is 14.2. The first-order chi connectivity index (χ1) is 12.6. The Hall–Kier alpha value is -3.66. The lowest BCUT2D eigenvalue weighted by atomic mass is 10.1. The fourth-order valence-electron chi connectivity index (χ4n) is 2.24. The van der Waals surface area contributed by atoms with Crippen LogP contribution >= 0.6 is 0 Å². The monoisotopic (exact) mass is 349 g/mol. The molecule has 3 aromatic rings. The van der Waals surface area contributed by atoms with Gasteiger partial charge in [0.05, 0.1) is 24.3 Å². The van der Waals surface area contributed by atoms with Gasteiger partial charge in [0, 0.05) is 5.56 Å². The van der Waals surface area contributed by atoms with Gasteiger partial charge in [0.1, 0.15) is 5.75 Å². The lowest BCUT2D eigenvalue weighted by Crippen LogP contribution is -2.09. The van der Waals surface area contributed by atoms with E-state index in [1.54, 1.807) is 56.5 Å². The van der Waals surface area contributed by atoms with E-state index in [9.17, 15) is 4.79 Å². The number of methoxy groups -OCH3 is 1. The van der Waals surface area contributed by atoms with Crippen LogP contribution in [-0.4, -0.2) is 23.3 Å². The summed E-state index contributed by atoms with van der Waals surface area (Å²) in [4.78, 5) is 12.2. The number of rotatable bonds is 5. The van der Waals surface area contributed by atoms with Crippen molar-refractivity contribution in [3.63, 3.8) is 0 Å². The van der Waals surface area contributed by atoms with Crippen molar-refractivity contribution in [3.05, 3.63) is 65.5 Å². The molecule has 0 spiro atoms. The number of hydrogen-bond acceptors (Lipinski definition) is 7. The number of aromatic nitrogens is 2. The van der Waals surface area contributed by atoms with Gasteiger partial charge in [-0.25, -0.2) is 4.79 Å². The molecule has 130 valence electrons. The molecule has 7 heteroatoms. The maximum atomic E-state index is 12.2. The third kappa shape index (κ3) is 3.70.